The Labute approximate surface area is 119 Å². The topological polar surface area (TPSA) is 45.1 Å². The van der Waals surface area contributed by atoms with Crippen LogP contribution in [0.5, 0.6) is 0 Å². The van der Waals surface area contributed by atoms with Gasteiger partial charge in [-0.3, -0.25) is 4.79 Å². The molecule has 0 aliphatic carbocycles. The average molecular weight is 275 g/mol. The molecule has 5 heteroatoms. The number of likely N-dealkylation sites (N-methyl/N-ethyl adjacent to an activating group) is 1. The van der Waals surface area contributed by atoms with Gasteiger partial charge in [0.1, 0.15) is 5.57 Å². The Morgan fingerprint density at radius 1 is 1.40 bits per heavy atom. The quantitative estimate of drug-likeness (QED) is 0.725. The van der Waals surface area contributed by atoms with Gasteiger partial charge >= 0.3 is 0 Å². The Bertz CT molecular complexity index is 543. The van der Waals surface area contributed by atoms with Crippen molar-refractivity contribution in [2.75, 3.05) is 20.7 Å². The second kappa shape index (κ2) is 5.53. The molecule has 108 valence electrons. The number of ether oxygens (including phenoxy) is 1. The minimum atomic E-state index is -0.136. The lowest BCUT2D eigenvalue weighted by atomic mass is 10.1. The maximum Gasteiger partial charge on any atom is 0.279 e. The van der Waals surface area contributed by atoms with Gasteiger partial charge in [-0.25, -0.2) is 5.01 Å². The van der Waals surface area contributed by atoms with Gasteiger partial charge in [0, 0.05) is 31.4 Å². The predicted molar refractivity (Wildman–Crippen MR) is 78.7 cm³/mol. The number of hydrazone groups is 1. The molecule has 0 fully saturated rings. The maximum atomic E-state index is 12.0. The van der Waals surface area contributed by atoms with E-state index in [0.717, 1.165) is 5.70 Å². The molecule has 0 aromatic rings. The van der Waals surface area contributed by atoms with Gasteiger partial charge in [-0.1, -0.05) is 13.0 Å². The molecule has 1 amide bonds. The summed E-state index contributed by atoms with van der Waals surface area (Å²) in [5.74, 6) is 0.608. The van der Waals surface area contributed by atoms with Crippen LogP contribution in [0, 0.1) is 5.92 Å². The van der Waals surface area contributed by atoms with Gasteiger partial charge in [-0.2, -0.15) is 0 Å². The highest BCUT2D eigenvalue weighted by Gasteiger charge is 2.28. The van der Waals surface area contributed by atoms with Crippen molar-refractivity contribution in [2.24, 2.45) is 11.0 Å². The zero-order chi connectivity index (χ0) is 14.9. The minimum Gasteiger partial charge on any atom is -0.476 e. The van der Waals surface area contributed by atoms with E-state index in [9.17, 15) is 4.79 Å². The molecule has 2 aliphatic rings. The number of carbonyl (C=O) groups excluding carboxylic acids is 1. The molecule has 2 heterocycles. The molecule has 1 atom stereocenters. The molecule has 2 rings (SSSR count). The molecule has 20 heavy (non-hydrogen) atoms. The van der Waals surface area contributed by atoms with Crippen LogP contribution in [0.1, 0.15) is 20.8 Å². The molecule has 0 aromatic heterocycles. The van der Waals surface area contributed by atoms with E-state index in [1.165, 1.54) is 10.7 Å². The summed E-state index contributed by atoms with van der Waals surface area (Å²) in [5, 5.41) is 5.40. The second-order valence-electron chi connectivity index (χ2n) is 4.99. The van der Waals surface area contributed by atoms with Crippen LogP contribution in [0.2, 0.25) is 0 Å². The van der Waals surface area contributed by atoms with E-state index in [1.807, 2.05) is 20.0 Å². The monoisotopic (exact) mass is 275 g/mol. The van der Waals surface area contributed by atoms with Gasteiger partial charge < -0.3 is 9.64 Å². The number of rotatable bonds is 2. The summed E-state index contributed by atoms with van der Waals surface area (Å²) < 4.78 is 5.41. The summed E-state index contributed by atoms with van der Waals surface area (Å²) >= 11 is 0. The number of carbonyl (C=O) groups is 1. The summed E-state index contributed by atoms with van der Waals surface area (Å²) in [5.41, 5.74) is 2.89. The van der Waals surface area contributed by atoms with Crippen molar-refractivity contribution in [2.45, 2.75) is 20.8 Å². The molecule has 0 N–H and O–H groups in total. The van der Waals surface area contributed by atoms with Gasteiger partial charge in [0.15, 0.2) is 0 Å². The van der Waals surface area contributed by atoms with Gasteiger partial charge in [0.25, 0.3) is 5.91 Å². The third kappa shape index (κ3) is 2.48. The van der Waals surface area contributed by atoms with Crippen LogP contribution in [0.15, 0.2) is 40.3 Å². The van der Waals surface area contributed by atoms with Crippen molar-refractivity contribution in [3.05, 3.63) is 35.2 Å². The van der Waals surface area contributed by atoms with E-state index in [1.54, 1.807) is 13.1 Å². The minimum absolute atomic E-state index is 0.136. The zero-order valence-electron chi connectivity index (χ0n) is 12.7. The van der Waals surface area contributed by atoms with Crippen molar-refractivity contribution in [1.29, 1.82) is 0 Å². The van der Waals surface area contributed by atoms with Crippen LogP contribution in [0.4, 0.5) is 0 Å². The van der Waals surface area contributed by atoms with E-state index in [-0.39, 0.29) is 5.91 Å². The first-order chi connectivity index (χ1) is 9.45. The first kappa shape index (κ1) is 14.4. The predicted octanol–water partition coefficient (Wildman–Crippen LogP) is 2.10. The van der Waals surface area contributed by atoms with Gasteiger partial charge in [-0.15, -0.1) is 5.10 Å². The van der Waals surface area contributed by atoms with E-state index >= 15 is 0 Å². The van der Waals surface area contributed by atoms with Crippen LogP contribution >= 0.6 is 0 Å². The molecule has 0 aromatic carbocycles. The Morgan fingerprint density at radius 2 is 2.10 bits per heavy atom. The molecule has 5 nitrogen and oxygen atoms in total. The summed E-state index contributed by atoms with van der Waals surface area (Å²) in [7, 11) is 3.66. The molecule has 0 spiro atoms. The van der Waals surface area contributed by atoms with Crippen molar-refractivity contribution in [3.63, 3.8) is 0 Å². The first-order valence-corrected chi connectivity index (χ1v) is 6.79. The summed E-state index contributed by atoms with van der Waals surface area (Å²) in [4.78, 5) is 14.2. The molecular weight excluding hydrogens is 254 g/mol. The number of amides is 1. The second-order valence-corrected chi connectivity index (χ2v) is 4.99. The molecular formula is C15H21N3O2. The molecule has 0 saturated heterocycles. The van der Waals surface area contributed by atoms with Crippen molar-refractivity contribution >= 4 is 11.8 Å². The van der Waals surface area contributed by atoms with E-state index in [2.05, 4.69) is 29.9 Å². The highest BCUT2D eigenvalue weighted by molar-refractivity contribution is 6.21. The van der Waals surface area contributed by atoms with Crippen LogP contribution in [-0.2, 0) is 9.53 Å². The smallest absolute Gasteiger partial charge is 0.279 e. The van der Waals surface area contributed by atoms with Crippen molar-refractivity contribution in [3.8, 4) is 0 Å². The zero-order valence-corrected chi connectivity index (χ0v) is 12.7. The fraction of sp³-hybridized carbons (Fsp3) is 0.467. The fourth-order valence-corrected chi connectivity index (χ4v) is 2.39. The lowest BCUT2D eigenvalue weighted by Gasteiger charge is -2.17. The summed E-state index contributed by atoms with van der Waals surface area (Å²) in [6.45, 7) is 6.58. The number of hydrogen-bond donors (Lipinski definition) is 0. The highest BCUT2D eigenvalue weighted by atomic mass is 16.5. The van der Waals surface area contributed by atoms with Crippen LogP contribution < -0.4 is 0 Å². The number of hydrogen-bond acceptors (Lipinski definition) is 4. The van der Waals surface area contributed by atoms with Crippen LogP contribution in [0.25, 0.3) is 0 Å². The van der Waals surface area contributed by atoms with Gasteiger partial charge in [-0.05, 0) is 26.0 Å². The Morgan fingerprint density at radius 3 is 2.65 bits per heavy atom. The normalized spacial score (nSPS) is 26.6. The molecule has 0 radical (unpaired) electrons. The molecule has 0 saturated carbocycles. The molecule has 2 aliphatic heterocycles. The number of nitrogens with zero attached hydrogens (tertiary/aromatic N) is 3. The first-order valence-electron chi connectivity index (χ1n) is 6.79. The van der Waals surface area contributed by atoms with E-state index in [4.69, 9.17) is 4.74 Å². The Hall–Kier alpha value is -2.04. The summed E-state index contributed by atoms with van der Waals surface area (Å²) in [6, 6.07) is 0. The van der Waals surface area contributed by atoms with Crippen LogP contribution in [-0.4, -0.2) is 42.4 Å². The molecule has 0 bridgehead atoms. The molecule has 1 unspecified atom stereocenters. The lowest BCUT2D eigenvalue weighted by molar-refractivity contribution is -0.124. The van der Waals surface area contributed by atoms with Gasteiger partial charge in [0.2, 0.25) is 5.90 Å². The largest absolute Gasteiger partial charge is 0.476 e. The average Bonchev–Trinajstić information content (AvgIpc) is 2.79. The van der Waals surface area contributed by atoms with E-state index in [0.29, 0.717) is 24.0 Å². The fourth-order valence-electron chi connectivity index (χ4n) is 2.39. The Balaban J connectivity index is 2.27. The Kier molecular flexibility index (Phi) is 3.97. The van der Waals surface area contributed by atoms with Gasteiger partial charge in [0.05, 0.1) is 6.61 Å². The third-order valence-electron chi connectivity index (χ3n) is 3.57. The third-order valence-corrected chi connectivity index (χ3v) is 3.57. The summed E-state index contributed by atoms with van der Waals surface area (Å²) in [6.07, 6.45) is 5.97. The van der Waals surface area contributed by atoms with Crippen molar-refractivity contribution < 1.29 is 9.53 Å². The van der Waals surface area contributed by atoms with E-state index < -0.39 is 0 Å². The van der Waals surface area contributed by atoms with Crippen LogP contribution in [0.3, 0.4) is 0 Å². The lowest BCUT2D eigenvalue weighted by Crippen LogP contribution is -2.17. The SMILES string of the molecule is CCOC1=NN(C)C(=O)/C1=C/C=C1/C(C)C=C(C)N1C. The highest BCUT2D eigenvalue weighted by Crippen LogP contribution is 2.28. The standard InChI is InChI=1S/C15H21N3O2/c1-6-20-14-12(15(19)18(5)16-14)7-8-13-10(2)9-11(3)17(13)4/h7-10H,6H2,1-5H3/b12-7+,13-8-. The maximum absolute atomic E-state index is 12.0. The van der Waals surface area contributed by atoms with Crippen molar-refractivity contribution in [1.82, 2.24) is 9.91 Å². The number of allylic oxidation sites excluding steroid dienone is 4.